The SMILES string of the molecule is COc1ccc(C=Cc2nn3c(-c4ccc(N(C)C)cc4)nnc3s2)cc1. The molecule has 0 saturated carbocycles. The zero-order valence-electron chi connectivity index (χ0n) is 15.3. The molecule has 0 aliphatic rings. The third kappa shape index (κ3) is 3.54. The Balaban J connectivity index is 1.60. The fourth-order valence-electron chi connectivity index (χ4n) is 2.67. The van der Waals surface area contributed by atoms with Crippen molar-refractivity contribution in [2.45, 2.75) is 0 Å². The summed E-state index contributed by atoms with van der Waals surface area (Å²) in [5, 5.41) is 14.1. The van der Waals surface area contributed by atoms with Gasteiger partial charge in [0.15, 0.2) is 5.82 Å². The van der Waals surface area contributed by atoms with Crippen molar-refractivity contribution in [1.29, 1.82) is 0 Å². The minimum Gasteiger partial charge on any atom is -0.497 e. The van der Waals surface area contributed by atoms with E-state index in [2.05, 4.69) is 32.3 Å². The lowest BCUT2D eigenvalue weighted by Crippen LogP contribution is -2.08. The second kappa shape index (κ2) is 7.20. The Hall–Kier alpha value is -3.19. The molecular formula is C20H19N5OS. The van der Waals surface area contributed by atoms with Crippen LogP contribution >= 0.6 is 11.3 Å². The molecule has 0 N–H and O–H groups in total. The number of ether oxygens (including phenoxy) is 1. The van der Waals surface area contributed by atoms with Gasteiger partial charge in [0.25, 0.3) is 0 Å². The lowest BCUT2D eigenvalue weighted by molar-refractivity contribution is 0.415. The van der Waals surface area contributed by atoms with Crippen LogP contribution in [0.5, 0.6) is 5.75 Å². The number of hydrogen-bond donors (Lipinski definition) is 0. The summed E-state index contributed by atoms with van der Waals surface area (Å²) in [4.78, 5) is 2.84. The molecule has 2 aromatic heterocycles. The molecule has 4 rings (SSSR count). The number of fused-ring (bicyclic) bond motifs is 1. The summed E-state index contributed by atoms with van der Waals surface area (Å²) >= 11 is 1.51. The third-order valence-electron chi connectivity index (χ3n) is 4.18. The van der Waals surface area contributed by atoms with Crippen LogP contribution in [-0.2, 0) is 0 Å². The number of nitrogens with zero attached hydrogens (tertiary/aromatic N) is 5. The largest absolute Gasteiger partial charge is 0.497 e. The zero-order chi connectivity index (χ0) is 18.8. The van der Waals surface area contributed by atoms with Crippen molar-refractivity contribution in [2.24, 2.45) is 0 Å². The van der Waals surface area contributed by atoms with Gasteiger partial charge in [-0.05, 0) is 48.0 Å². The Kier molecular flexibility index (Phi) is 4.60. The van der Waals surface area contributed by atoms with E-state index >= 15 is 0 Å². The van der Waals surface area contributed by atoms with E-state index < -0.39 is 0 Å². The van der Waals surface area contributed by atoms with Crippen molar-refractivity contribution in [2.75, 3.05) is 26.1 Å². The molecule has 0 aliphatic heterocycles. The number of benzene rings is 2. The molecule has 6 nitrogen and oxygen atoms in total. The van der Waals surface area contributed by atoms with Gasteiger partial charge in [0, 0.05) is 25.3 Å². The molecule has 0 radical (unpaired) electrons. The van der Waals surface area contributed by atoms with Crippen LogP contribution in [0.25, 0.3) is 28.5 Å². The molecule has 0 aliphatic carbocycles. The highest BCUT2D eigenvalue weighted by Gasteiger charge is 2.12. The topological polar surface area (TPSA) is 55.6 Å². The second-order valence-corrected chi connectivity index (χ2v) is 7.19. The fourth-order valence-corrected chi connectivity index (χ4v) is 3.41. The van der Waals surface area contributed by atoms with E-state index in [1.165, 1.54) is 11.3 Å². The molecule has 0 saturated heterocycles. The van der Waals surface area contributed by atoms with Crippen molar-refractivity contribution in [1.82, 2.24) is 19.8 Å². The maximum absolute atomic E-state index is 5.18. The van der Waals surface area contributed by atoms with Gasteiger partial charge in [-0.3, -0.25) is 0 Å². The summed E-state index contributed by atoms with van der Waals surface area (Å²) in [6, 6.07) is 16.1. The maximum Gasteiger partial charge on any atom is 0.235 e. The Bertz CT molecular complexity index is 1080. The van der Waals surface area contributed by atoms with Gasteiger partial charge < -0.3 is 9.64 Å². The molecular weight excluding hydrogens is 358 g/mol. The summed E-state index contributed by atoms with van der Waals surface area (Å²) in [5.41, 5.74) is 3.21. The van der Waals surface area contributed by atoms with Gasteiger partial charge >= 0.3 is 0 Å². The van der Waals surface area contributed by atoms with Crippen LogP contribution in [0.1, 0.15) is 10.6 Å². The Morgan fingerprint density at radius 1 is 0.963 bits per heavy atom. The minimum atomic E-state index is 0.746. The molecule has 7 heteroatoms. The molecule has 0 fully saturated rings. The first-order valence-corrected chi connectivity index (χ1v) is 9.28. The normalized spacial score (nSPS) is 11.4. The molecule has 0 unspecified atom stereocenters. The zero-order valence-corrected chi connectivity index (χ0v) is 16.1. The molecule has 0 atom stereocenters. The number of methoxy groups -OCH3 is 1. The first-order chi connectivity index (χ1) is 13.1. The first-order valence-electron chi connectivity index (χ1n) is 8.46. The van der Waals surface area contributed by atoms with E-state index in [0.29, 0.717) is 0 Å². The summed E-state index contributed by atoms with van der Waals surface area (Å²) in [6.07, 6.45) is 4.01. The van der Waals surface area contributed by atoms with E-state index in [4.69, 9.17) is 4.74 Å². The summed E-state index contributed by atoms with van der Waals surface area (Å²) in [5.74, 6) is 1.59. The standard InChI is InChI=1S/C20H19N5OS/c1-24(2)16-9-7-15(8-10-16)19-21-22-20-25(19)23-18(27-20)13-6-14-4-11-17(26-3)12-5-14/h4-13H,1-3H3. The third-order valence-corrected chi connectivity index (χ3v) is 5.05. The maximum atomic E-state index is 5.18. The van der Waals surface area contributed by atoms with Crippen molar-refractivity contribution >= 4 is 34.1 Å². The molecule has 4 aromatic rings. The highest BCUT2D eigenvalue weighted by Crippen LogP contribution is 2.24. The fraction of sp³-hybridized carbons (Fsp3) is 0.150. The number of hydrogen-bond acceptors (Lipinski definition) is 6. The highest BCUT2D eigenvalue weighted by molar-refractivity contribution is 7.17. The van der Waals surface area contributed by atoms with Crippen LogP contribution in [0, 0.1) is 0 Å². The summed E-state index contributed by atoms with van der Waals surface area (Å²) in [7, 11) is 5.70. The molecule has 0 amide bonds. The van der Waals surface area contributed by atoms with Crippen molar-refractivity contribution in [3.8, 4) is 17.1 Å². The van der Waals surface area contributed by atoms with Gasteiger partial charge in [0.05, 0.1) is 7.11 Å². The van der Waals surface area contributed by atoms with E-state index in [1.54, 1.807) is 11.6 Å². The van der Waals surface area contributed by atoms with Crippen LogP contribution in [0.15, 0.2) is 48.5 Å². The van der Waals surface area contributed by atoms with Gasteiger partial charge in [-0.2, -0.15) is 9.61 Å². The molecule has 0 bridgehead atoms. The number of anilines is 1. The molecule has 2 aromatic carbocycles. The first kappa shape index (κ1) is 17.2. The lowest BCUT2D eigenvalue weighted by Gasteiger charge is -2.11. The lowest BCUT2D eigenvalue weighted by atomic mass is 10.2. The Morgan fingerprint density at radius 3 is 2.37 bits per heavy atom. The highest BCUT2D eigenvalue weighted by atomic mass is 32.1. The van der Waals surface area contributed by atoms with Crippen LogP contribution in [0.4, 0.5) is 5.69 Å². The monoisotopic (exact) mass is 377 g/mol. The van der Waals surface area contributed by atoms with E-state index in [0.717, 1.165) is 38.4 Å². The van der Waals surface area contributed by atoms with Crippen molar-refractivity contribution < 1.29 is 4.74 Å². The van der Waals surface area contributed by atoms with Crippen LogP contribution in [0.2, 0.25) is 0 Å². The Labute approximate surface area is 161 Å². The van der Waals surface area contributed by atoms with Crippen molar-refractivity contribution in [3.63, 3.8) is 0 Å². The molecule has 2 heterocycles. The predicted molar refractivity (Wildman–Crippen MR) is 110 cm³/mol. The van der Waals surface area contributed by atoms with Gasteiger partial charge in [-0.1, -0.05) is 29.5 Å². The second-order valence-electron chi connectivity index (χ2n) is 6.21. The summed E-state index contributed by atoms with van der Waals surface area (Å²) < 4.78 is 6.98. The predicted octanol–water partition coefficient (Wildman–Crippen LogP) is 4.10. The van der Waals surface area contributed by atoms with E-state index in [9.17, 15) is 0 Å². The summed E-state index contributed by atoms with van der Waals surface area (Å²) in [6.45, 7) is 0. The Morgan fingerprint density at radius 2 is 1.70 bits per heavy atom. The molecule has 27 heavy (non-hydrogen) atoms. The average molecular weight is 377 g/mol. The molecule has 0 spiro atoms. The van der Waals surface area contributed by atoms with Gasteiger partial charge in [-0.15, -0.1) is 10.2 Å². The van der Waals surface area contributed by atoms with Crippen LogP contribution in [0.3, 0.4) is 0 Å². The number of rotatable bonds is 5. The van der Waals surface area contributed by atoms with Gasteiger partial charge in [0.2, 0.25) is 4.96 Å². The smallest absolute Gasteiger partial charge is 0.235 e. The van der Waals surface area contributed by atoms with Crippen LogP contribution < -0.4 is 9.64 Å². The minimum absolute atomic E-state index is 0.746. The van der Waals surface area contributed by atoms with E-state index in [-0.39, 0.29) is 0 Å². The van der Waals surface area contributed by atoms with Gasteiger partial charge in [0.1, 0.15) is 10.8 Å². The van der Waals surface area contributed by atoms with Crippen molar-refractivity contribution in [3.05, 3.63) is 59.1 Å². The number of aromatic nitrogens is 4. The van der Waals surface area contributed by atoms with Gasteiger partial charge in [-0.25, -0.2) is 0 Å². The average Bonchev–Trinajstić information content (AvgIpc) is 3.27. The van der Waals surface area contributed by atoms with Crippen LogP contribution in [-0.4, -0.2) is 41.0 Å². The quantitative estimate of drug-likeness (QED) is 0.524. The van der Waals surface area contributed by atoms with E-state index in [1.807, 2.05) is 62.6 Å². The molecule has 136 valence electrons.